The highest BCUT2D eigenvalue weighted by atomic mass is 79.9. The maximum atomic E-state index is 15.7. The number of sulfone groups is 1. The van der Waals surface area contributed by atoms with Gasteiger partial charge in [-0.1, -0.05) is 46.3 Å². The molecule has 0 amide bonds. The van der Waals surface area contributed by atoms with Crippen molar-refractivity contribution in [2.24, 2.45) is 0 Å². The second-order valence-electron chi connectivity index (χ2n) is 7.37. The molecule has 0 radical (unpaired) electrons. The van der Waals surface area contributed by atoms with Crippen LogP contribution in [0, 0.1) is 0 Å². The molecule has 0 heterocycles. The van der Waals surface area contributed by atoms with E-state index in [1.807, 2.05) is 0 Å². The number of halogens is 2. The number of alkyl halides is 1. The molecule has 0 aromatic heterocycles. The third kappa shape index (κ3) is 4.85. The molecule has 0 fully saturated rings. The van der Waals surface area contributed by atoms with E-state index in [4.69, 9.17) is 0 Å². The zero-order valence-electron chi connectivity index (χ0n) is 15.6. The molecule has 0 saturated carbocycles. The average molecular weight is 476 g/mol. The SMILES string of the molecule is CC(NS(=O)C(C)(C)C)(c1ccc(Br)cc1)C(F)S(=O)(=O)c1ccccc1. The van der Waals surface area contributed by atoms with E-state index in [1.165, 1.54) is 31.2 Å². The zero-order chi connectivity index (χ0) is 20.5. The van der Waals surface area contributed by atoms with Gasteiger partial charge in [0.05, 0.1) is 26.2 Å². The molecule has 1 N–H and O–H groups in total. The van der Waals surface area contributed by atoms with Crippen molar-refractivity contribution in [2.45, 2.75) is 48.4 Å². The molecule has 8 heteroatoms. The van der Waals surface area contributed by atoms with Gasteiger partial charge in [0.2, 0.25) is 15.3 Å². The molecule has 0 aliphatic heterocycles. The summed E-state index contributed by atoms with van der Waals surface area (Å²) in [7, 11) is -6.01. The lowest BCUT2D eigenvalue weighted by atomic mass is 9.94. The van der Waals surface area contributed by atoms with Crippen molar-refractivity contribution in [1.82, 2.24) is 4.72 Å². The molecule has 0 saturated heterocycles. The Morgan fingerprint density at radius 2 is 1.52 bits per heavy atom. The Morgan fingerprint density at radius 1 is 1.00 bits per heavy atom. The summed E-state index contributed by atoms with van der Waals surface area (Å²) in [6.07, 6.45) is 0. The quantitative estimate of drug-likeness (QED) is 0.669. The van der Waals surface area contributed by atoms with Crippen LogP contribution < -0.4 is 4.72 Å². The van der Waals surface area contributed by atoms with Crippen molar-refractivity contribution in [3.63, 3.8) is 0 Å². The summed E-state index contributed by atoms with van der Waals surface area (Å²) in [5.41, 5.74) is -3.68. The zero-order valence-corrected chi connectivity index (χ0v) is 18.8. The molecule has 27 heavy (non-hydrogen) atoms. The Bertz CT molecular complexity index is 912. The minimum atomic E-state index is -4.32. The maximum Gasteiger partial charge on any atom is 0.227 e. The van der Waals surface area contributed by atoms with Crippen molar-refractivity contribution in [1.29, 1.82) is 0 Å². The minimum absolute atomic E-state index is 0.121. The van der Waals surface area contributed by atoms with Crippen LogP contribution in [-0.2, 0) is 26.4 Å². The predicted molar refractivity (Wildman–Crippen MR) is 111 cm³/mol. The second-order valence-corrected chi connectivity index (χ2v) is 12.2. The van der Waals surface area contributed by atoms with E-state index in [0.29, 0.717) is 5.56 Å². The Morgan fingerprint density at radius 3 is 2.00 bits per heavy atom. The van der Waals surface area contributed by atoms with Crippen LogP contribution in [0.2, 0.25) is 0 Å². The smallest absolute Gasteiger partial charge is 0.227 e. The van der Waals surface area contributed by atoms with E-state index in [-0.39, 0.29) is 4.90 Å². The van der Waals surface area contributed by atoms with Crippen molar-refractivity contribution in [2.75, 3.05) is 0 Å². The first-order valence-electron chi connectivity index (χ1n) is 8.28. The van der Waals surface area contributed by atoms with Crippen LogP contribution in [0.4, 0.5) is 4.39 Å². The third-order valence-corrected chi connectivity index (χ3v) is 8.30. The molecule has 3 unspecified atom stereocenters. The summed E-state index contributed by atoms with van der Waals surface area (Å²) in [4.78, 5) is -0.121. The van der Waals surface area contributed by atoms with Crippen LogP contribution in [0.3, 0.4) is 0 Å². The number of benzene rings is 2. The van der Waals surface area contributed by atoms with E-state index in [9.17, 15) is 12.6 Å². The van der Waals surface area contributed by atoms with Crippen LogP contribution in [0.25, 0.3) is 0 Å². The van der Waals surface area contributed by atoms with Crippen molar-refractivity contribution < 1.29 is 17.0 Å². The van der Waals surface area contributed by atoms with Gasteiger partial charge in [-0.3, -0.25) is 0 Å². The van der Waals surface area contributed by atoms with E-state index >= 15 is 4.39 Å². The molecule has 3 atom stereocenters. The van der Waals surface area contributed by atoms with Gasteiger partial charge in [0.25, 0.3) is 0 Å². The molecular formula is C19H23BrFNO3S2. The molecule has 0 spiro atoms. The van der Waals surface area contributed by atoms with E-state index in [0.717, 1.165) is 4.47 Å². The highest BCUT2D eigenvalue weighted by molar-refractivity contribution is 9.10. The van der Waals surface area contributed by atoms with Crippen LogP contribution >= 0.6 is 15.9 Å². The lowest BCUT2D eigenvalue weighted by molar-refractivity contribution is 0.261. The first-order chi connectivity index (χ1) is 12.4. The van der Waals surface area contributed by atoms with Crippen molar-refractivity contribution >= 4 is 36.8 Å². The Kier molecular flexibility index (Phi) is 6.67. The molecular weight excluding hydrogens is 453 g/mol. The van der Waals surface area contributed by atoms with Gasteiger partial charge in [0.1, 0.15) is 0 Å². The Hall–Kier alpha value is -1.09. The normalized spacial score (nSPS) is 17.1. The summed E-state index contributed by atoms with van der Waals surface area (Å²) in [5.74, 6) is 0. The van der Waals surface area contributed by atoms with Gasteiger partial charge in [-0.2, -0.15) is 0 Å². The molecule has 2 rings (SSSR count). The molecule has 0 bridgehead atoms. The van der Waals surface area contributed by atoms with Gasteiger partial charge < -0.3 is 0 Å². The number of rotatable bonds is 6. The fraction of sp³-hybridized carbons (Fsp3) is 0.368. The molecule has 2 aromatic rings. The summed E-state index contributed by atoms with van der Waals surface area (Å²) in [6, 6.07) is 14.1. The van der Waals surface area contributed by atoms with Crippen molar-refractivity contribution in [3.8, 4) is 0 Å². The highest BCUT2D eigenvalue weighted by Gasteiger charge is 2.47. The van der Waals surface area contributed by atoms with Gasteiger partial charge in [-0.15, -0.1) is 0 Å². The summed E-state index contributed by atoms with van der Waals surface area (Å²) in [5, 5.41) is 0. The van der Waals surface area contributed by atoms with Crippen LogP contribution in [0.1, 0.15) is 33.3 Å². The average Bonchev–Trinajstić information content (AvgIpc) is 2.61. The second kappa shape index (κ2) is 8.11. The predicted octanol–water partition coefficient (Wildman–Crippen LogP) is 4.49. The van der Waals surface area contributed by atoms with Crippen LogP contribution in [0.5, 0.6) is 0 Å². The van der Waals surface area contributed by atoms with E-state index in [2.05, 4.69) is 20.7 Å². The topological polar surface area (TPSA) is 63.2 Å². The molecule has 2 aromatic carbocycles. The number of hydrogen-bond acceptors (Lipinski definition) is 3. The van der Waals surface area contributed by atoms with E-state index < -0.39 is 36.6 Å². The fourth-order valence-corrected chi connectivity index (χ4v) is 5.26. The largest absolute Gasteiger partial charge is 0.242 e. The fourth-order valence-electron chi connectivity index (χ4n) is 2.42. The van der Waals surface area contributed by atoms with Gasteiger partial charge in [0.15, 0.2) is 0 Å². The first kappa shape index (κ1) is 22.2. The summed E-state index contributed by atoms with van der Waals surface area (Å²) < 4.78 is 57.0. The Labute approximate surface area is 171 Å². The molecule has 4 nitrogen and oxygen atoms in total. The van der Waals surface area contributed by atoms with Crippen molar-refractivity contribution in [3.05, 3.63) is 64.6 Å². The van der Waals surface area contributed by atoms with Crippen LogP contribution in [-0.4, -0.2) is 22.9 Å². The molecule has 0 aliphatic carbocycles. The standard InChI is InChI=1S/C19H23BrFNO3S2/c1-18(2,3)26(23)22-19(4,14-10-12-15(20)13-11-14)17(21)27(24,25)16-8-6-5-7-9-16/h5-13,17,22H,1-4H3. The number of nitrogens with one attached hydrogen (secondary N) is 1. The Balaban J connectivity index is 2.58. The van der Waals surface area contributed by atoms with Gasteiger partial charge in [0, 0.05) is 4.47 Å². The lowest BCUT2D eigenvalue weighted by Gasteiger charge is -2.36. The first-order valence-corrected chi connectivity index (χ1v) is 11.8. The third-order valence-electron chi connectivity index (χ3n) is 4.10. The minimum Gasteiger partial charge on any atom is -0.242 e. The molecule has 148 valence electrons. The van der Waals surface area contributed by atoms with Gasteiger partial charge in [-0.25, -0.2) is 21.7 Å². The summed E-state index contributed by atoms with van der Waals surface area (Å²) >= 11 is 3.32. The monoisotopic (exact) mass is 475 g/mol. The van der Waals surface area contributed by atoms with Crippen LogP contribution in [0.15, 0.2) is 64.0 Å². The number of hydrogen-bond donors (Lipinski definition) is 1. The van der Waals surface area contributed by atoms with E-state index in [1.54, 1.807) is 51.1 Å². The highest BCUT2D eigenvalue weighted by Crippen LogP contribution is 2.35. The summed E-state index contributed by atoms with van der Waals surface area (Å²) in [6.45, 7) is 6.62. The molecule has 0 aliphatic rings. The lowest BCUT2D eigenvalue weighted by Crippen LogP contribution is -2.54. The maximum absolute atomic E-state index is 15.7. The van der Waals surface area contributed by atoms with Gasteiger partial charge >= 0.3 is 0 Å². The van der Waals surface area contributed by atoms with Gasteiger partial charge in [-0.05, 0) is 57.5 Å².